The standard InChI is InChI=1S/C19H28N4O5PS/c1-7-8-22(19(24)17-13-16(14-20)18(30-6)21-15-17)9-11-26-29(28-25-5)27-12-10-23(2,3)4/h1,13,15H,8-12H2,2-6H3/q+1. The molecule has 1 heterocycles. The highest BCUT2D eigenvalue weighted by atomic mass is 32.2. The van der Waals surface area contributed by atoms with Crippen LogP contribution < -0.4 is 0 Å². The Labute approximate surface area is 183 Å². The third-order valence-electron chi connectivity index (χ3n) is 3.63. The minimum atomic E-state index is -1.72. The molecule has 1 amide bonds. The van der Waals surface area contributed by atoms with Gasteiger partial charge in [0.2, 0.25) is 0 Å². The van der Waals surface area contributed by atoms with Crippen molar-refractivity contribution < 1.29 is 27.9 Å². The fraction of sp³-hybridized carbons (Fsp3) is 0.526. The van der Waals surface area contributed by atoms with Gasteiger partial charge in [-0.05, 0) is 12.3 Å². The molecule has 0 aliphatic rings. The van der Waals surface area contributed by atoms with Crippen molar-refractivity contribution in [1.82, 2.24) is 9.88 Å². The van der Waals surface area contributed by atoms with Gasteiger partial charge in [0.15, 0.2) is 0 Å². The number of likely N-dealkylation sites (N-methyl/N-ethyl adjacent to an activating group) is 1. The second-order valence-corrected chi connectivity index (χ2v) is 8.88. The van der Waals surface area contributed by atoms with Crippen molar-refractivity contribution in [2.24, 2.45) is 0 Å². The number of thioether (sulfide) groups is 1. The molecule has 11 heteroatoms. The van der Waals surface area contributed by atoms with E-state index in [1.165, 1.54) is 36.0 Å². The summed E-state index contributed by atoms with van der Waals surface area (Å²) in [6.07, 6.45) is 8.66. The first kappa shape index (κ1) is 26.3. The Morgan fingerprint density at radius 2 is 2.07 bits per heavy atom. The lowest BCUT2D eigenvalue weighted by Gasteiger charge is -2.25. The van der Waals surface area contributed by atoms with Crippen LogP contribution in [-0.2, 0) is 18.6 Å². The van der Waals surface area contributed by atoms with Gasteiger partial charge in [0, 0.05) is 12.7 Å². The Balaban J connectivity index is 2.71. The number of terminal acetylenes is 1. The molecule has 1 aromatic heterocycles. The molecule has 1 aromatic rings. The lowest BCUT2D eigenvalue weighted by molar-refractivity contribution is -0.870. The minimum Gasteiger partial charge on any atom is -0.329 e. The van der Waals surface area contributed by atoms with Crippen LogP contribution in [0.15, 0.2) is 17.3 Å². The molecule has 9 nitrogen and oxygen atoms in total. The molecule has 0 bridgehead atoms. The molecule has 0 aromatic carbocycles. The zero-order chi connectivity index (χ0) is 22.6. The molecule has 0 spiro atoms. The third-order valence-corrected chi connectivity index (χ3v) is 5.40. The molecule has 0 saturated carbocycles. The van der Waals surface area contributed by atoms with E-state index in [0.29, 0.717) is 17.2 Å². The zero-order valence-electron chi connectivity index (χ0n) is 18.0. The molecule has 0 N–H and O–H groups in total. The van der Waals surface area contributed by atoms with Gasteiger partial charge in [-0.2, -0.15) is 9.94 Å². The van der Waals surface area contributed by atoms with E-state index in [1.807, 2.05) is 27.4 Å². The molecule has 1 unspecified atom stereocenters. The summed E-state index contributed by atoms with van der Waals surface area (Å²) in [6.45, 7) is 1.61. The van der Waals surface area contributed by atoms with Crippen LogP contribution in [0.4, 0.5) is 0 Å². The molecule has 0 saturated heterocycles. The van der Waals surface area contributed by atoms with Crippen LogP contribution in [0.1, 0.15) is 15.9 Å². The molecule has 1 rings (SSSR count). The van der Waals surface area contributed by atoms with Gasteiger partial charge in [-0.25, -0.2) is 9.87 Å². The van der Waals surface area contributed by atoms with Gasteiger partial charge in [0.1, 0.15) is 24.2 Å². The Bertz CT molecular complexity index is 776. The predicted octanol–water partition coefficient (Wildman–Crippen LogP) is 2.29. The van der Waals surface area contributed by atoms with Crippen LogP contribution in [0.2, 0.25) is 0 Å². The molecule has 0 aliphatic carbocycles. The lowest BCUT2D eigenvalue weighted by atomic mass is 10.2. The van der Waals surface area contributed by atoms with E-state index in [2.05, 4.69) is 21.9 Å². The molecule has 0 radical (unpaired) electrons. The van der Waals surface area contributed by atoms with Crippen molar-refractivity contribution in [2.45, 2.75) is 5.03 Å². The fourth-order valence-corrected chi connectivity index (χ4v) is 3.34. The van der Waals surface area contributed by atoms with E-state index in [-0.39, 0.29) is 31.2 Å². The number of aromatic nitrogens is 1. The number of pyridine rings is 1. The Hall–Kier alpha value is -1.75. The molecule has 1 atom stereocenters. The summed E-state index contributed by atoms with van der Waals surface area (Å²) >= 11 is 1.34. The summed E-state index contributed by atoms with van der Waals surface area (Å²) in [6, 6.07) is 3.56. The number of rotatable bonds is 13. The van der Waals surface area contributed by atoms with E-state index in [4.69, 9.17) is 20.1 Å². The van der Waals surface area contributed by atoms with Crippen LogP contribution in [0.5, 0.6) is 0 Å². The van der Waals surface area contributed by atoms with Gasteiger partial charge >= 0.3 is 8.60 Å². The maximum Gasteiger partial charge on any atom is 0.363 e. The smallest absolute Gasteiger partial charge is 0.329 e. The maximum atomic E-state index is 12.8. The van der Waals surface area contributed by atoms with Crippen LogP contribution in [-0.4, -0.2) is 87.6 Å². The third kappa shape index (κ3) is 9.38. The van der Waals surface area contributed by atoms with Gasteiger partial charge in [-0.15, -0.1) is 18.2 Å². The molecular formula is C19H28N4O5PS+. The first-order valence-electron chi connectivity index (χ1n) is 8.99. The van der Waals surface area contributed by atoms with Crippen molar-refractivity contribution >= 4 is 26.3 Å². The normalized spacial score (nSPS) is 12.1. The summed E-state index contributed by atoms with van der Waals surface area (Å²) in [5.74, 6) is 2.12. The summed E-state index contributed by atoms with van der Waals surface area (Å²) in [5.41, 5.74) is 0.627. The predicted molar refractivity (Wildman–Crippen MR) is 115 cm³/mol. The van der Waals surface area contributed by atoms with Crippen molar-refractivity contribution in [3.8, 4) is 18.4 Å². The molecular weight excluding hydrogens is 427 g/mol. The number of nitriles is 1. The Kier molecular flexibility index (Phi) is 11.9. The zero-order valence-corrected chi connectivity index (χ0v) is 19.7. The molecule has 0 fully saturated rings. The number of amides is 1. The minimum absolute atomic E-state index is 0.0831. The monoisotopic (exact) mass is 455 g/mol. The Morgan fingerprint density at radius 3 is 2.63 bits per heavy atom. The quantitative estimate of drug-likeness (QED) is 0.112. The second kappa shape index (κ2) is 13.5. The summed E-state index contributed by atoms with van der Waals surface area (Å²) in [7, 11) is 5.79. The first-order chi connectivity index (χ1) is 14.3. The SMILES string of the molecule is C#CCN(CCOP(OCC[N+](C)(C)C)OOC)C(=O)c1cnc(SC)c(C#N)c1. The van der Waals surface area contributed by atoms with Crippen LogP contribution in [0.25, 0.3) is 0 Å². The van der Waals surface area contributed by atoms with E-state index < -0.39 is 8.60 Å². The van der Waals surface area contributed by atoms with E-state index in [9.17, 15) is 10.1 Å². The van der Waals surface area contributed by atoms with Gasteiger partial charge in [0.25, 0.3) is 5.91 Å². The number of hydrogen-bond acceptors (Lipinski definition) is 8. The number of carbonyl (C=O) groups excluding carboxylic acids is 1. The van der Waals surface area contributed by atoms with Gasteiger partial charge in [-0.3, -0.25) is 4.79 Å². The van der Waals surface area contributed by atoms with Gasteiger partial charge in [0.05, 0.1) is 52.5 Å². The summed E-state index contributed by atoms with van der Waals surface area (Å²) < 4.78 is 16.9. The van der Waals surface area contributed by atoms with Crippen LogP contribution in [0.3, 0.4) is 0 Å². The largest absolute Gasteiger partial charge is 0.363 e. The highest BCUT2D eigenvalue weighted by Gasteiger charge is 2.20. The number of carbonyl (C=O) groups is 1. The summed E-state index contributed by atoms with van der Waals surface area (Å²) in [4.78, 5) is 23.1. The fourth-order valence-electron chi connectivity index (χ4n) is 2.11. The van der Waals surface area contributed by atoms with Crippen LogP contribution >= 0.6 is 20.4 Å². The molecule has 30 heavy (non-hydrogen) atoms. The van der Waals surface area contributed by atoms with E-state index >= 15 is 0 Å². The number of quaternary nitrogens is 1. The average Bonchev–Trinajstić information content (AvgIpc) is 2.71. The topological polar surface area (TPSA) is 93.9 Å². The van der Waals surface area contributed by atoms with Crippen molar-refractivity contribution in [2.75, 3.05) is 67.4 Å². The van der Waals surface area contributed by atoms with Gasteiger partial charge in [-0.1, -0.05) is 5.92 Å². The molecule has 164 valence electrons. The second-order valence-electron chi connectivity index (χ2n) is 6.97. The highest BCUT2D eigenvalue weighted by molar-refractivity contribution is 7.98. The van der Waals surface area contributed by atoms with E-state index in [1.54, 1.807) is 0 Å². The Morgan fingerprint density at radius 1 is 1.37 bits per heavy atom. The van der Waals surface area contributed by atoms with Crippen LogP contribution in [0, 0.1) is 23.7 Å². The number of nitrogens with zero attached hydrogens (tertiary/aromatic N) is 4. The van der Waals surface area contributed by atoms with Crippen molar-refractivity contribution in [3.63, 3.8) is 0 Å². The maximum absolute atomic E-state index is 12.8. The van der Waals surface area contributed by atoms with Crippen molar-refractivity contribution in [3.05, 3.63) is 23.4 Å². The first-order valence-corrected chi connectivity index (χ1v) is 11.3. The summed E-state index contributed by atoms with van der Waals surface area (Å²) in [5, 5.41) is 9.82. The van der Waals surface area contributed by atoms with E-state index in [0.717, 1.165) is 11.0 Å². The van der Waals surface area contributed by atoms with Crippen molar-refractivity contribution in [1.29, 1.82) is 5.26 Å². The molecule has 0 aliphatic heterocycles. The number of hydrogen-bond donors (Lipinski definition) is 0. The van der Waals surface area contributed by atoms with Gasteiger partial charge < -0.3 is 18.4 Å². The average molecular weight is 455 g/mol. The lowest BCUT2D eigenvalue weighted by Crippen LogP contribution is -2.37. The highest BCUT2D eigenvalue weighted by Crippen LogP contribution is 2.39.